The fraction of sp³-hybridized carbons (Fsp3) is 0.235. The number of hydrogen-bond acceptors (Lipinski definition) is 3. The van der Waals surface area contributed by atoms with Crippen molar-refractivity contribution in [3.63, 3.8) is 0 Å². The number of hydrogen-bond donors (Lipinski definition) is 1. The van der Waals surface area contributed by atoms with Crippen molar-refractivity contribution in [3.8, 4) is 11.5 Å². The van der Waals surface area contributed by atoms with Gasteiger partial charge in [-0.05, 0) is 50.2 Å². The second-order valence-electron chi connectivity index (χ2n) is 5.22. The van der Waals surface area contributed by atoms with E-state index in [9.17, 15) is 4.79 Å². The minimum atomic E-state index is -1.05. The molecule has 0 aliphatic rings. The second kappa shape index (κ2) is 6.71. The fourth-order valence-electron chi connectivity index (χ4n) is 1.86. The lowest BCUT2D eigenvalue weighted by molar-refractivity contribution is -0.128. The lowest BCUT2D eigenvalue weighted by Crippen LogP contribution is -2.42. The molecule has 1 N–H and O–H groups in total. The summed E-state index contributed by atoms with van der Waals surface area (Å²) in [6.07, 6.45) is 0. The van der Waals surface area contributed by atoms with E-state index in [0.717, 1.165) is 0 Å². The highest BCUT2D eigenvalue weighted by molar-refractivity contribution is 6.30. The number of amides is 1. The Morgan fingerprint density at radius 1 is 1.09 bits per heavy atom. The van der Waals surface area contributed by atoms with Gasteiger partial charge in [-0.3, -0.25) is 4.79 Å². The Morgan fingerprint density at radius 3 is 2.36 bits per heavy atom. The molecule has 4 nitrogen and oxygen atoms in total. The highest BCUT2D eigenvalue weighted by atomic mass is 35.5. The van der Waals surface area contributed by atoms with Crippen LogP contribution in [0, 0.1) is 0 Å². The van der Waals surface area contributed by atoms with Crippen molar-refractivity contribution >= 4 is 23.2 Å². The smallest absolute Gasteiger partial charge is 0.268 e. The first-order chi connectivity index (χ1) is 10.4. The van der Waals surface area contributed by atoms with Gasteiger partial charge in [0.2, 0.25) is 0 Å². The number of carbonyl (C=O) groups excluding carboxylic acids is 1. The van der Waals surface area contributed by atoms with E-state index in [-0.39, 0.29) is 5.91 Å². The summed E-state index contributed by atoms with van der Waals surface area (Å²) < 4.78 is 11.0. The summed E-state index contributed by atoms with van der Waals surface area (Å²) in [6, 6.07) is 14.1. The lowest BCUT2D eigenvalue weighted by atomic mass is 10.1. The van der Waals surface area contributed by atoms with Crippen molar-refractivity contribution in [1.29, 1.82) is 0 Å². The normalized spacial score (nSPS) is 10.9. The third-order valence-electron chi connectivity index (χ3n) is 3.09. The number of benzene rings is 2. The van der Waals surface area contributed by atoms with Gasteiger partial charge in [-0.1, -0.05) is 23.7 Å². The maximum atomic E-state index is 12.5. The molecule has 0 bridgehead atoms. The third kappa shape index (κ3) is 3.92. The van der Waals surface area contributed by atoms with Gasteiger partial charge in [0.05, 0.1) is 12.8 Å². The van der Waals surface area contributed by atoms with Crippen LogP contribution in [0.5, 0.6) is 11.5 Å². The van der Waals surface area contributed by atoms with Crippen LogP contribution >= 0.6 is 11.6 Å². The zero-order valence-electron chi connectivity index (χ0n) is 12.7. The molecule has 0 heterocycles. The van der Waals surface area contributed by atoms with E-state index < -0.39 is 5.60 Å². The van der Waals surface area contributed by atoms with Crippen LogP contribution in [0.15, 0.2) is 48.5 Å². The molecule has 2 aromatic rings. The molecule has 0 aliphatic heterocycles. The standard InChI is InChI=1S/C17H18ClNO3/c1-17(2,22-13-10-8-12(18)9-11-13)16(20)19-14-6-4-5-7-15(14)21-3/h4-11H,1-3H3,(H,19,20). The predicted octanol–water partition coefficient (Wildman–Crippen LogP) is 4.14. The van der Waals surface area contributed by atoms with Gasteiger partial charge in [0.25, 0.3) is 5.91 Å². The van der Waals surface area contributed by atoms with E-state index in [1.54, 1.807) is 57.4 Å². The van der Waals surface area contributed by atoms with Crippen LogP contribution in [0.1, 0.15) is 13.8 Å². The van der Waals surface area contributed by atoms with Crippen molar-refractivity contribution in [2.24, 2.45) is 0 Å². The Balaban J connectivity index is 2.11. The summed E-state index contributed by atoms with van der Waals surface area (Å²) in [5.74, 6) is 0.898. The number of nitrogens with one attached hydrogen (secondary N) is 1. The fourth-order valence-corrected chi connectivity index (χ4v) is 1.99. The molecular weight excluding hydrogens is 302 g/mol. The maximum absolute atomic E-state index is 12.5. The number of rotatable bonds is 5. The SMILES string of the molecule is COc1ccccc1NC(=O)C(C)(C)Oc1ccc(Cl)cc1. The molecule has 2 aromatic carbocycles. The van der Waals surface area contributed by atoms with E-state index in [0.29, 0.717) is 22.2 Å². The van der Waals surface area contributed by atoms with Gasteiger partial charge in [0.15, 0.2) is 5.60 Å². The van der Waals surface area contributed by atoms with Gasteiger partial charge in [-0.2, -0.15) is 0 Å². The Hall–Kier alpha value is -2.20. The van der Waals surface area contributed by atoms with Crippen molar-refractivity contribution in [1.82, 2.24) is 0 Å². The average Bonchev–Trinajstić information content (AvgIpc) is 2.50. The first-order valence-electron chi connectivity index (χ1n) is 6.81. The molecule has 0 aromatic heterocycles. The summed E-state index contributed by atoms with van der Waals surface area (Å²) in [5, 5.41) is 3.43. The van der Waals surface area contributed by atoms with Crippen molar-refractivity contribution < 1.29 is 14.3 Å². The maximum Gasteiger partial charge on any atom is 0.268 e. The average molecular weight is 320 g/mol. The third-order valence-corrected chi connectivity index (χ3v) is 3.34. The summed E-state index contributed by atoms with van der Waals surface area (Å²) >= 11 is 5.84. The number of halogens is 1. The largest absolute Gasteiger partial charge is 0.495 e. The topological polar surface area (TPSA) is 47.6 Å². The Labute approximate surface area is 135 Å². The molecule has 116 valence electrons. The van der Waals surface area contributed by atoms with E-state index in [2.05, 4.69) is 5.32 Å². The number of methoxy groups -OCH3 is 1. The summed E-state index contributed by atoms with van der Waals surface area (Å²) in [6.45, 7) is 3.40. The molecule has 1 amide bonds. The highest BCUT2D eigenvalue weighted by Crippen LogP contribution is 2.26. The minimum Gasteiger partial charge on any atom is -0.495 e. The molecule has 0 spiro atoms. The molecule has 0 unspecified atom stereocenters. The van der Waals surface area contributed by atoms with Crippen LogP contribution in [0.3, 0.4) is 0 Å². The van der Waals surface area contributed by atoms with Crippen LogP contribution in [0.4, 0.5) is 5.69 Å². The summed E-state index contributed by atoms with van der Waals surface area (Å²) in [5.41, 5.74) is -0.447. The molecule has 5 heteroatoms. The molecule has 22 heavy (non-hydrogen) atoms. The van der Waals surface area contributed by atoms with Gasteiger partial charge in [0.1, 0.15) is 11.5 Å². The van der Waals surface area contributed by atoms with Crippen molar-refractivity contribution in [3.05, 3.63) is 53.6 Å². The Bertz CT molecular complexity index is 653. The number of ether oxygens (including phenoxy) is 2. The first-order valence-corrected chi connectivity index (χ1v) is 7.19. The number of anilines is 1. The molecule has 0 atom stereocenters. The first kappa shape index (κ1) is 16.2. The quantitative estimate of drug-likeness (QED) is 0.900. The number of para-hydroxylation sites is 2. The van der Waals surface area contributed by atoms with Crippen LogP contribution in [0.25, 0.3) is 0 Å². The van der Waals surface area contributed by atoms with E-state index in [4.69, 9.17) is 21.1 Å². The molecule has 0 saturated heterocycles. The molecule has 0 fully saturated rings. The second-order valence-corrected chi connectivity index (χ2v) is 5.66. The molecule has 0 saturated carbocycles. The van der Waals surface area contributed by atoms with Gasteiger partial charge >= 0.3 is 0 Å². The van der Waals surface area contributed by atoms with Crippen LogP contribution in [-0.2, 0) is 4.79 Å². The highest BCUT2D eigenvalue weighted by Gasteiger charge is 2.30. The molecular formula is C17H18ClNO3. The van der Waals surface area contributed by atoms with Gasteiger partial charge < -0.3 is 14.8 Å². The Morgan fingerprint density at radius 2 is 1.73 bits per heavy atom. The van der Waals surface area contributed by atoms with Crippen LogP contribution < -0.4 is 14.8 Å². The summed E-state index contributed by atoms with van der Waals surface area (Å²) in [7, 11) is 1.56. The van der Waals surface area contributed by atoms with Crippen molar-refractivity contribution in [2.45, 2.75) is 19.4 Å². The zero-order chi connectivity index (χ0) is 16.2. The molecule has 2 rings (SSSR count). The molecule has 0 aliphatic carbocycles. The van der Waals surface area contributed by atoms with E-state index in [1.165, 1.54) is 0 Å². The number of carbonyl (C=O) groups is 1. The molecule has 0 radical (unpaired) electrons. The van der Waals surface area contributed by atoms with Gasteiger partial charge in [-0.15, -0.1) is 0 Å². The van der Waals surface area contributed by atoms with Gasteiger partial charge in [-0.25, -0.2) is 0 Å². The minimum absolute atomic E-state index is 0.271. The van der Waals surface area contributed by atoms with Crippen LogP contribution in [0.2, 0.25) is 5.02 Å². The predicted molar refractivity (Wildman–Crippen MR) is 87.8 cm³/mol. The van der Waals surface area contributed by atoms with E-state index >= 15 is 0 Å². The lowest BCUT2D eigenvalue weighted by Gasteiger charge is -2.25. The van der Waals surface area contributed by atoms with Crippen molar-refractivity contribution in [2.75, 3.05) is 12.4 Å². The zero-order valence-corrected chi connectivity index (χ0v) is 13.5. The monoisotopic (exact) mass is 319 g/mol. The summed E-state index contributed by atoms with van der Waals surface area (Å²) in [4.78, 5) is 12.5. The van der Waals surface area contributed by atoms with Gasteiger partial charge in [0, 0.05) is 5.02 Å². The van der Waals surface area contributed by atoms with E-state index in [1.807, 2.05) is 12.1 Å². The Kier molecular flexibility index (Phi) is 4.93. The van der Waals surface area contributed by atoms with Crippen LogP contribution in [-0.4, -0.2) is 18.6 Å².